The van der Waals surface area contributed by atoms with Crippen molar-refractivity contribution in [3.63, 3.8) is 0 Å². The van der Waals surface area contributed by atoms with Crippen LogP contribution in [-0.4, -0.2) is 34.9 Å². The molecule has 0 spiro atoms. The third-order valence-corrected chi connectivity index (χ3v) is 6.75. The van der Waals surface area contributed by atoms with E-state index in [4.69, 9.17) is 9.90 Å². The van der Waals surface area contributed by atoms with Gasteiger partial charge in [0.2, 0.25) is 0 Å². The average molecular weight is 436 g/mol. The quantitative estimate of drug-likeness (QED) is 0.572. The lowest BCUT2D eigenvalue weighted by Crippen LogP contribution is -2.59. The molecule has 3 N–H and O–H groups in total. The summed E-state index contributed by atoms with van der Waals surface area (Å²) in [6.07, 6.45) is 2.62. The molecule has 0 amide bonds. The molecule has 1 aliphatic heterocycles. The van der Waals surface area contributed by atoms with Crippen LogP contribution in [0.4, 0.5) is 13.2 Å². The number of alkyl halides is 3. The molecular weight excluding hydrogens is 415 g/mol. The first-order valence-corrected chi connectivity index (χ1v) is 9.50. The molecule has 0 unspecified atom stereocenters. The zero-order chi connectivity index (χ0) is 19.1. The first-order chi connectivity index (χ1) is 12.2. The van der Waals surface area contributed by atoms with Crippen molar-refractivity contribution in [2.24, 2.45) is 5.92 Å². The van der Waals surface area contributed by atoms with Crippen molar-refractivity contribution in [2.75, 3.05) is 6.54 Å². The molecule has 4 rings (SSSR count). The van der Waals surface area contributed by atoms with Gasteiger partial charge >= 0.3 is 12.1 Å². The number of piperidine rings is 1. The fourth-order valence-corrected chi connectivity index (χ4v) is 5.77. The summed E-state index contributed by atoms with van der Waals surface area (Å²) >= 11 is 3.68. The second kappa shape index (κ2) is 7.03. The van der Waals surface area contributed by atoms with Crippen molar-refractivity contribution in [1.82, 2.24) is 5.32 Å². The minimum atomic E-state index is -5.08. The lowest BCUT2D eigenvalue weighted by Gasteiger charge is -2.56. The van der Waals surface area contributed by atoms with Crippen LogP contribution >= 0.6 is 15.9 Å². The molecular formula is C18H21BrF3NO3. The van der Waals surface area contributed by atoms with Crippen LogP contribution in [0, 0.1) is 5.92 Å². The fraction of sp³-hybridized carbons (Fsp3) is 0.611. The van der Waals surface area contributed by atoms with Crippen LogP contribution in [0.2, 0.25) is 0 Å². The van der Waals surface area contributed by atoms with E-state index in [1.54, 1.807) is 0 Å². The van der Waals surface area contributed by atoms with E-state index in [9.17, 15) is 18.3 Å². The Balaban J connectivity index is 0.000000242. The van der Waals surface area contributed by atoms with E-state index < -0.39 is 12.1 Å². The van der Waals surface area contributed by atoms with E-state index in [0.29, 0.717) is 17.2 Å². The van der Waals surface area contributed by atoms with E-state index in [0.717, 1.165) is 23.4 Å². The second-order valence-electron chi connectivity index (χ2n) is 7.26. The molecule has 0 radical (unpaired) electrons. The first kappa shape index (κ1) is 19.5. The van der Waals surface area contributed by atoms with Crippen LogP contribution < -0.4 is 5.32 Å². The molecule has 1 aromatic carbocycles. The lowest BCUT2D eigenvalue weighted by molar-refractivity contribution is -0.192. The first-order valence-electron chi connectivity index (χ1n) is 8.71. The summed E-state index contributed by atoms with van der Waals surface area (Å²) in [5.41, 5.74) is 3.20. The van der Waals surface area contributed by atoms with Crippen molar-refractivity contribution in [2.45, 2.75) is 56.2 Å². The SMILES string of the molecule is O=C(O)C(F)(F)F.Oc1ccc2c(c1Br)[C@@]13CCCC[C@H]1[C@@H](C2)NCC3. The molecule has 144 valence electrons. The highest BCUT2D eigenvalue weighted by Crippen LogP contribution is 2.56. The minimum Gasteiger partial charge on any atom is -0.507 e. The van der Waals surface area contributed by atoms with E-state index in [-0.39, 0.29) is 0 Å². The molecule has 3 atom stereocenters. The number of hydrogen-bond donors (Lipinski definition) is 3. The summed E-state index contributed by atoms with van der Waals surface area (Å²) in [5.74, 6) is -1.58. The number of carbonyl (C=O) groups is 1. The molecule has 1 heterocycles. The van der Waals surface area contributed by atoms with Gasteiger partial charge in [0.15, 0.2) is 0 Å². The number of rotatable bonds is 0. The zero-order valence-electron chi connectivity index (χ0n) is 14.1. The standard InChI is InChI=1S/C16H20BrNO.C2HF3O2/c17-15-13(19)5-4-10-9-12-11-3-1-2-6-16(11,14(10)15)7-8-18-12;3-2(4,5)1(6)7/h4-5,11-12,18-19H,1-3,6-9H2;(H,6,7)/t11-,12+,16+;/m0./s1. The molecule has 8 heteroatoms. The second-order valence-corrected chi connectivity index (χ2v) is 8.05. The Morgan fingerprint density at radius 1 is 1.27 bits per heavy atom. The lowest BCUT2D eigenvalue weighted by atomic mass is 9.53. The van der Waals surface area contributed by atoms with E-state index in [1.165, 1.54) is 43.2 Å². The van der Waals surface area contributed by atoms with Crippen LogP contribution in [0.5, 0.6) is 5.75 Å². The summed E-state index contributed by atoms with van der Waals surface area (Å²) in [6.45, 7) is 1.13. The highest BCUT2D eigenvalue weighted by atomic mass is 79.9. The summed E-state index contributed by atoms with van der Waals surface area (Å²) in [5, 5.41) is 21.0. The van der Waals surface area contributed by atoms with Gasteiger partial charge in [-0.2, -0.15) is 13.2 Å². The van der Waals surface area contributed by atoms with Crippen LogP contribution in [0.15, 0.2) is 16.6 Å². The van der Waals surface area contributed by atoms with Gasteiger partial charge in [0, 0.05) is 11.5 Å². The van der Waals surface area contributed by atoms with Crippen LogP contribution in [-0.2, 0) is 16.6 Å². The van der Waals surface area contributed by atoms with Gasteiger partial charge in [0.05, 0.1) is 4.47 Å². The number of phenolic OH excluding ortho intramolecular Hbond substituents is 1. The van der Waals surface area contributed by atoms with Gasteiger partial charge in [-0.15, -0.1) is 0 Å². The molecule has 26 heavy (non-hydrogen) atoms. The molecule has 2 fully saturated rings. The Bertz CT molecular complexity index is 706. The van der Waals surface area contributed by atoms with Crippen LogP contribution in [0.25, 0.3) is 0 Å². The molecule has 4 nitrogen and oxygen atoms in total. The normalized spacial score (nSPS) is 29.7. The predicted octanol–water partition coefficient (Wildman–Crippen LogP) is 4.13. The van der Waals surface area contributed by atoms with E-state index in [1.807, 2.05) is 6.07 Å². The van der Waals surface area contributed by atoms with E-state index in [2.05, 4.69) is 27.3 Å². The highest BCUT2D eigenvalue weighted by Gasteiger charge is 2.52. The van der Waals surface area contributed by atoms with Gasteiger partial charge in [-0.3, -0.25) is 0 Å². The van der Waals surface area contributed by atoms with Gasteiger partial charge < -0.3 is 15.5 Å². The monoisotopic (exact) mass is 435 g/mol. The summed E-state index contributed by atoms with van der Waals surface area (Å²) < 4.78 is 32.7. The van der Waals surface area contributed by atoms with Crippen LogP contribution in [0.1, 0.15) is 43.2 Å². The molecule has 1 saturated heterocycles. The van der Waals surface area contributed by atoms with Crippen LogP contribution in [0.3, 0.4) is 0 Å². The van der Waals surface area contributed by atoms with Gasteiger partial charge in [0.25, 0.3) is 0 Å². The minimum absolute atomic E-state index is 0.319. The highest BCUT2D eigenvalue weighted by molar-refractivity contribution is 9.10. The van der Waals surface area contributed by atoms with Crippen molar-refractivity contribution in [1.29, 1.82) is 0 Å². The smallest absolute Gasteiger partial charge is 0.490 e. The Labute approximate surface area is 157 Å². The number of carboxylic acids is 1. The summed E-state index contributed by atoms with van der Waals surface area (Å²) in [4.78, 5) is 8.90. The Hall–Kier alpha value is -1.28. The molecule has 3 aliphatic rings. The summed E-state index contributed by atoms with van der Waals surface area (Å²) in [6, 6.07) is 4.64. The van der Waals surface area contributed by atoms with E-state index >= 15 is 0 Å². The third-order valence-electron chi connectivity index (χ3n) is 5.95. The van der Waals surface area contributed by atoms with Crippen molar-refractivity contribution in [3.05, 3.63) is 27.7 Å². The predicted molar refractivity (Wildman–Crippen MR) is 93.2 cm³/mol. The Morgan fingerprint density at radius 2 is 1.96 bits per heavy atom. The van der Waals surface area contributed by atoms with Crippen molar-refractivity contribution < 1.29 is 28.2 Å². The number of fused-ring (bicyclic) bond motifs is 1. The maximum absolute atomic E-state index is 10.6. The van der Waals surface area contributed by atoms with Crippen molar-refractivity contribution in [3.8, 4) is 5.75 Å². The number of nitrogens with one attached hydrogen (secondary N) is 1. The number of carboxylic acid groups (broad SMARTS) is 1. The van der Waals surface area contributed by atoms with Gasteiger partial charge in [-0.1, -0.05) is 18.9 Å². The Kier molecular flexibility index (Phi) is 5.27. The van der Waals surface area contributed by atoms with Crippen molar-refractivity contribution >= 4 is 21.9 Å². The maximum Gasteiger partial charge on any atom is 0.490 e. The maximum atomic E-state index is 10.6. The number of aromatic hydroxyl groups is 1. The molecule has 2 bridgehead atoms. The fourth-order valence-electron chi connectivity index (χ4n) is 4.99. The third kappa shape index (κ3) is 3.33. The van der Waals surface area contributed by atoms with Gasteiger partial charge in [-0.25, -0.2) is 4.79 Å². The molecule has 1 aromatic rings. The van der Waals surface area contributed by atoms with Gasteiger partial charge in [-0.05, 0) is 71.3 Å². The molecule has 1 saturated carbocycles. The molecule has 2 aliphatic carbocycles. The average Bonchev–Trinajstić information content (AvgIpc) is 2.57. The number of aliphatic carboxylic acids is 1. The number of benzene rings is 1. The summed E-state index contributed by atoms with van der Waals surface area (Å²) in [7, 11) is 0. The largest absolute Gasteiger partial charge is 0.507 e. The number of hydrogen-bond acceptors (Lipinski definition) is 3. The topological polar surface area (TPSA) is 69.6 Å². The number of halogens is 4. The Morgan fingerprint density at radius 3 is 2.62 bits per heavy atom. The van der Waals surface area contributed by atoms with Gasteiger partial charge in [0.1, 0.15) is 5.75 Å². The molecule has 0 aromatic heterocycles. The number of phenols is 1. The zero-order valence-corrected chi connectivity index (χ0v) is 15.7.